The molecule has 19 heavy (non-hydrogen) atoms. The lowest BCUT2D eigenvalue weighted by Gasteiger charge is -2.10. The van der Waals surface area contributed by atoms with Gasteiger partial charge in [0.15, 0.2) is 11.5 Å². The van der Waals surface area contributed by atoms with E-state index in [1.54, 1.807) is 32.4 Å². The van der Waals surface area contributed by atoms with E-state index in [9.17, 15) is 0 Å². The van der Waals surface area contributed by atoms with Crippen LogP contribution in [0.25, 0.3) is 0 Å². The number of anilines is 3. The Kier molecular flexibility index (Phi) is 3.86. The predicted molar refractivity (Wildman–Crippen MR) is 72.1 cm³/mol. The number of ether oxygens (including phenoxy) is 2. The summed E-state index contributed by atoms with van der Waals surface area (Å²) in [4.78, 5) is 11.5. The van der Waals surface area contributed by atoms with Crippen molar-refractivity contribution in [3.8, 4) is 11.5 Å². The van der Waals surface area contributed by atoms with Crippen molar-refractivity contribution in [2.45, 2.75) is 0 Å². The number of halogens is 1. The van der Waals surface area contributed by atoms with Gasteiger partial charge in [0.05, 0.1) is 14.2 Å². The van der Waals surface area contributed by atoms with Gasteiger partial charge >= 0.3 is 0 Å². The zero-order valence-corrected chi connectivity index (χ0v) is 11.1. The van der Waals surface area contributed by atoms with Crippen LogP contribution in [0.2, 0.25) is 5.28 Å². The SMILES string of the molecule is COc1ccc(Nc2nc(N)nc(Cl)n2)cc1OC. The summed E-state index contributed by atoms with van der Waals surface area (Å²) in [5, 5.41) is 2.97. The highest BCUT2D eigenvalue weighted by Gasteiger charge is 2.07. The average Bonchev–Trinajstić information content (AvgIpc) is 2.37. The fraction of sp³-hybridized carbons (Fsp3) is 0.182. The number of aromatic nitrogens is 3. The lowest BCUT2D eigenvalue weighted by molar-refractivity contribution is 0.355. The number of nitrogens with one attached hydrogen (secondary N) is 1. The lowest BCUT2D eigenvalue weighted by Crippen LogP contribution is -2.03. The number of nitrogens with two attached hydrogens (primary N) is 1. The minimum atomic E-state index is 0.0236. The fourth-order valence-corrected chi connectivity index (χ4v) is 1.63. The van der Waals surface area contributed by atoms with Crippen molar-refractivity contribution in [3.63, 3.8) is 0 Å². The first-order chi connectivity index (χ1) is 9.12. The maximum Gasteiger partial charge on any atom is 0.233 e. The molecular weight excluding hydrogens is 270 g/mol. The third kappa shape index (κ3) is 3.14. The highest BCUT2D eigenvalue weighted by molar-refractivity contribution is 6.28. The maximum absolute atomic E-state index is 5.70. The van der Waals surface area contributed by atoms with Gasteiger partial charge in [0.25, 0.3) is 0 Å². The van der Waals surface area contributed by atoms with Gasteiger partial charge in [0.2, 0.25) is 17.2 Å². The van der Waals surface area contributed by atoms with Crippen molar-refractivity contribution < 1.29 is 9.47 Å². The first kappa shape index (κ1) is 13.2. The van der Waals surface area contributed by atoms with Crippen LogP contribution < -0.4 is 20.5 Å². The van der Waals surface area contributed by atoms with Gasteiger partial charge in [-0.2, -0.15) is 15.0 Å². The smallest absolute Gasteiger partial charge is 0.233 e. The molecule has 1 heterocycles. The summed E-state index contributed by atoms with van der Waals surface area (Å²) in [6.07, 6.45) is 0. The second-order valence-corrected chi connectivity index (χ2v) is 3.82. The normalized spacial score (nSPS) is 10.1. The molecule has 100 valence electrons. The van der Waals surface area contributed by atoms with E-state index in [0.717, 1.165) is 0 Å². The quantitative estimate of drug-likeness (QED) is 0.883. The number of methoxy groups -OCH3 is 2. The van der Waals surface area contributed by atoms with Crippen LogP contribution in [-0.4, -0.2) is 29.2 Å². The molecule has 0 fully saturated rings. The maximum atomic E-state index is 5.70. The van der Waals surface area contributed by atoms with Gasteiger partial charge < -0.3 is 20.5 Å². The standard InChI is InChI=1S/C11H12ClN5O2/c1-18-7-4-3-6(5-8(7)19-2)14-11-16-9(12)15-10(13)17-11/h3-5H,1-2H3,(H3,13,14,15,16,17). The number of benzene rings is 1. The molecule has 0 bridgehead atoms. The number of nitrogen functional groups attached to an aromatic ring is 1. The largest absolute Gasteiger partial charge is 0.493 e. The molecule has 0 unspecified atom stereocenters. The first-order valence-corrected chi connectivity index (χ1v) is 5.66. The summed E-state index contributed by atoms with van der Waals surface area (Å²) in [5.74, 6) is 1.51. The molecule has 0 radical (unpaired) electrons. The van der Waals surface area contributed by atoms with E-state index < -0.39 is 0 Å². The third-order valence-corrected chi connectivity index (χ3v) is 2.43. The van der Waals surface area contributed by atoms with E-state index >= 15 is 0 Å². The van der Waals surface area contributed by atoms with Gasteiger partial charge in [-0.1, -0.05) is 0 Å². The Bertz CT molecular complexity index is 573. The number of hydrogen-bond donors (Lipinski definition) is 2. The van der Waals surface area contributed by atoms with Crippen LogP contribution in [0.1, 0.15) is 0 Å². The zero-order valence-electron chi connectivity index (χ0n) is 10.3. The number of nitrogens with zero attached hydrogens (tertiary/aromatic N) is 3. The molecule has 3 N–H and O–H groups in total. The minimum Gasteiger partial charge on any atom is -0.493 e. The van der Waals surface area contributed by atoms with E-state index in [2.05, 4.69) is 20.3 Å². The predicted octanol–water partition coefficient (Wildman–Crippen LogP) is 1.87. The molecule has 0 amide bonds. The Morgan fingerprint density at radius 2 is 1.84 bits per heavy atom. The highest BCUT2D eigenvalue weighted by atomic mass is 35.5. The summed E-state index contributed by atoms with van der Waals surface area (Å²) < 4.78 is 10.3. The minimum absolute atomic E-state index is 0.0236. The second-order valence-electron chi connectivity index (χ2n) is 3.48. The van der Waals surface area contributed by atoms with Crippen LogP contribution in [-0.2, 0) is 0 Å². The van der Waals surface area contributed by atoms with E-state index in [0.29, 0.717) is 17.2 Å². The molecular formula is C11H12ClN5O2. The lowest BCUT2D eigenvalue weighted by atomic mass is 10.3. The van der Waals surface area contributed by atoms with Crippen molar-refractivity contribution in [2.75, 3.05) is 25.3 Å². The summed E-state index contributed by atoms with van der Waals surface area (Å²) in [6, 6.07) is 5.29. The molecule has 0 aliphatic heterocycles. The van der Waals surface area contributed by atoms with Crippen LogP contribution in [0.15, 0.2) is 18.2 Å². The van der Waals surface area contributed by atoms with Gasteiger partial charge in [-0.3, -0.25) is 0 Å². The molecule has 0 saturated heterocycles. The van der Waals surface area contributed by atoms with Gasteiger partial charge in [-0.15, -0.1) is 0 Å². The van der Waals surface area contributed by atoms with E-state index in [-0.39, 0.29) is 17.2 Å². The van der Waals surface area contributed by atoms with Crippen molar-refractivity contribution in [1.82, 2.24) is 15.0 Å². The van der Waals surface area contributed by atoms with Crippen LogP contribution in [0.5, 0.6) is 11.5 Å². The van der Waals surface area contributed by atoms with Gasteiger partial charge in [0.1, 0.15) is 0 Å². The van der Waals surface area contributed by atoms with E-state index in [1.165, 1.54) is 0 Å². The van der Waals surface area contributed by atoms with Crippen LogP contribution >= 0.6 is 11.6 Å². The summed E-state index contributed by atoms with van der Waals surface area (Å²) >= 11 is 5.70. The first-order valence-electron chi connectivity index (χ1n) is 5.28. The molecule has 7 nitrogen and oxygen atoms in total. The molecule has 0 spiro atoms. The molecule has 0 aliphatic rings. The summed E-state index contributed by atoms with van der Waals surface area (Å²) in [5.41, 5.74) is 6.19. The molecule has 1 aromatic heterocycles. The van der Waals surface area contributed by atoms with Crippen molar-refractivity contribution in [3.05, 3.63) is 23.5 Å². The zero-order chi connectivity index (χ0) is 13.8. The Morgan fingerprint density at radius 3 is 2.47 bits per heavy atom. The molecule has 2 rings (SSSR count). The third-order valence-electron chi connectivity index (χ3n) is 2.27. The van der Waals surface area contributed by atoms with Crippen LogP contribution in [0, 0.1) is 0 Å². The molecule has 0 atom stereocenters. The Balaban J connectivity index is 2.28. The Morgan fingerprint density at radius 1 is 1.11 bits per heavy atom. The van der Waals surface area contributed by atoms with Crippen molar-refractivity contribution >= 4 is 29.2 Å². The Hall–Kier alpha value is -2.28. The summed E-state index contributed by atoms with van der Waals surface area (Å²) in [7, 11) is 3.12. The van der Waals surface area contributed by atoms with Gasteiger partial charge in [-0.05, 0) is 23.7 Å². The van der Waals surface area contributed by atoms with Crippen LogP contribution in [0.3, 0.4) is 0 Å². The second kappa shape index (κ2) is 5.57. The number of hydrogen-bond acceptors (Lipinski definition) is 7. The highest BCUT2D eigenvalue weighted by Crippen LogP contribution is 2.30. The molecule has 2 aromatic rings. The van der Waals surface area contributed by atoms with Gasteiger partial charge in [-0.25, -0.2) is 0 Å². The number of rotatable bonds is 4. The monoisotopic (exact) mass is 281 g/mol. The fourth-order valence-electron chi connectivity index (χ4n) is 1.46. The molecule has 1 aromatic carbocycles. The average molecular weight is 282 g/mol. The van der Waals surface area contributed by atoms with Crippen molar-refractivity contribution in [2.24, 2.45) is 0 Å². The topological polar surface area (TPSA) is 95.2 Å². The van der Waals surface area contributed by atoms with E-state index in [4.69, 9.17) is 26.8 Å². The molecule has 0 saturated carbocycles. The molecule has 8 heteroatoms. The van der Waals surface area contributed by atoms with Gasteiger partial charge in [0, 0.05) is 11.8 Å². The summed E-state index contributed by atoms with van der Waals surface area (Å²) in [6.45, 7) is 0. The van der Waals surface area contributed by atoms with E-state index in [1.807, 2.05) is 0 Å². The Labute approximate surface area is 114 Å². The van der Waals surface area contributed by atoms with Crippen molar-refractivity contribution in [1.29, 1.82) is 0 Å². The molecule has 0 aliphatic carbocycles. The van der Waals surface area contributed by atoms with Crippen LogP contribution in [0.4, 0.5) is 17.6 Å².